The molecule has 4 aromatic rings. The maximum atomic E-state index is 13.2. The Kier molecular flexibility index (Phi) is 21.8. The van der Waals surface area contributed by atoms with Crippen LogP contribution in [0.5, 0.6) is 17.2 Å². The van der Waals surface area contributed by atoms with Crippen LogP contribution in [0.4, 0.5) is 26.3 Å². The third-order valence-electron chi connectivity index (χ3n) is 12.6. The molecule has 0 bridgehead atoms. The number of pyridine rings is 1. The van der Waals surface area contributed by atoms with Gasteiger partial charge < -0.3 is 37.0 Å². The normalized spacial score (nSPS) is 14.2. The molecule has 2 atom stereocenters. The van der Waals surface area contributed by atoms with Crippen molar-refractivity contribution in [2.45, 2.75) is 194 Å². The monoisotopic (exact) mass is 1030 g/mol. The van der Waals surface area contributed by atoms with E-state index in [4.69, 9.17) is 11.5 Å². The van der Waals surface area contributed by atoms with Crippen molar-refractivity contribution in [1.29, 1.82) is 0 Å². The fourth-order valence-electron chi connectivity index (χ4n) is 8.02. The zero-order valence-electron chi connectivity index (χ0n) is 44.9. The van der Waals surface area contributed by atoms with E-state index in [1.165, 1.54) is 0 Å². The molecular weight excluding hydrogens is 953 g/mol. The average Bonchev–Trinajstić information content (AvgIpc) is 3.25. The van der Waals surface area contributed by atoms with Crippen LogP contribution in [0.1, 0.15) is 208 Å². The van der Waals surface area contributed by atoms with Crippen LogP contribution in [0.15, 0.2) is 60.9 Å². The first kappa shape index (κ1) is 63.5. The maximum absolute atomic E-state index is 13.2. The first-order chi connectivity index (χ1) is 33.2. The summed E-state index contributed by atoms with van der Waals surface area (Å²) >= 11 is 0. The van der Waals surface area contributed by atoms with Gasteiger partial charge >= 0.3 is 12.4 Å². The molecule has 0 spiro atoms. The lowest BCUT2D eigenvalue weighted by Crippen LogP contribution is -2.55. The highest BCUT2D eigenvalue weighted by Crippen LogP contribution is 2.45. The second-order valence-electron chi connectivity index (χ2n) is 22.0. The molecule has 2 unspecified atom stereocenters. The smallest absolute Gasteiger partial charge is 0.430 e. The van der Waals surface area contributed by atoms with Gasteiger partial charge in [-0.25, -0.2) is 0 Å². The summed E-state index contributed by atoms with van der Waals surface area (Å²) in [6, 6.07) is 14.0. The molecule has 10 nitrogen and oxygen atoms in total. The zero-order chi connectivity index (χ0) is 56.4. The molecule has 0 saturated carbocycles. The summed E-state index contributed by atoms with van der Waals surface area (Å²) in [6.45, 7) is 27.6. The summed E-state index contributed by atoms with van der Waals surface area (Å²) in [5.74, 6) is -3.28. The third kappa shape index (κ3) is 16.4. The predicted octanol–water partition coefficient (Wildman–Crippen LogP) is 13.3. The van der Waals surface area contributed by atoms with Gasteiger partial charge in [-0.3, -0.25) is 14.6 Å². The molecule has 9 N–H and O–H groups in total. The number of carbonyl (C=O) groups excluding carboxylic acids is 2. The van der Waals surface area contributed by atoms with Crippen LogP contribution in [0, 0.1) is 0 Å². The Morgan fingerprint density at radius 2 is 0.986 bits per heavy atom. The molecule has 2 amide bonds. The van der Waals surface area contributed by atoms with Crippen molar-refractivity contribution in [3.8, 4) is 17.2 Å². The minimum atomic E-state index is -5.27. The molecule has 0 fully saturated rings. The molecule has 1 heterocycles. The van der Waals surface area contributed by atoms with Gasteiger partial charge in [0.2, 0.25) is 5.60 Å². The summed E-state index contributed by atoms with van der Waals surface area (Å²) in [4.78, 5) is 26.4. The number of aromatic hydroxyl groups is 3. The standard InChI is InChI=1S/C21H32F3NO3.C21H27NO.C15H20F3NO3/c1-13(2)16-11-15(12-17(14(3)4)18(16)26)9-7-5-6-8-10-20(28,19(25)27)21(22,23)24;1-20(2,3)17-12-16(10-9-15-8-7-11-22-14-15)13-18(19(17)23)21(4,5)6;1-7(2)10-5-9(6-11(8(3)4)12(10)20)14(22,13(19)21)15(16,17)18/h11-14,26,28H,5-10H2,1-4H3,(H2,25,27);7-14,23H,1-6H3;5-8,20,22H,1-4H3,(H2,19,21)/b;10-9+;. The van der Waals surface area contributed by atoms with E-state index in [9.17, 15) is 61.5 Å². The van der Waals surface area contributed by atoms with Crippen molar-refractivity contribution in [3.63, 3.8) is 0 Å². The number of aryl methyl sites for hydroxylation is 1. The van der Waals surface area contributed by atoms with E-state index in [1.54, 1.807) is 33.9 Å². The number of alkyl halides is 6. The van der Waals surface area contributed by atoms with Crippen molar-refractivity contribution in [1.82, 2.24) is 4.98 Å². The van der Waals surface area contributed by atoms with Crippen LogP contribution in [0.2, 0.25) is 0 Å². The molecule has 0 aliphatic heterocycles. The number of hydrogen-bond donors (Lipinski definition) is 7. The number of amides is 2. The van der Waals surface area contributed by atoms with Gasteiger partial charge in [-0.1, -0.05) is 140 Å². The quantitative estimate of drug-likeness (QED) is 0.0424. The van der Waals surface area contributed by atoms with E-state index < -0.39 is 47.4 Å². The molecule has 4 rings (SSSR count). The van der Waals surface area contributed by atoms with Crippen molar-refractivity contribution in [2.75, 3.05) is 0 Å². The Morgan fingerprint density at radius 3 is 1.33 bits per heavy atom. The van der Waals surface area contributed by atoms with Crippen LogP contribution < -0.4 is 11.5 Å². The van der Waals surface area contributed by atoms with E-state index in [1.807, 2.05) is 58.2 Å². The maximum Gasteiger partial charge on any atom is 0.430 e. The average molecular weight is 1030 g/mol. The molecular formula is C57H79F6N3O7. The largest absolute Gasteiger partial charge is 0.507 e. The number of aliphatic hydroxyl groups is 2. The van der Waals surface area contributed by atoms with E-state index in [0.717, 1.165) is 63.9 Å². The van der Waals surface area contributed by atoms with Crippen LogP contribution in [-0.4, -0.2) is 60.3 Å². The number of aromatic nitrogens is 1. The molecule has 1 aromatic heterocycles. The number of phenolic OH excluding ortho intramolecular Hbond substituents is 3. The van der Waals surface area contributed by atoms with Crippen molar-refractivity contribution in [3.05, 3.63) is 117 Å². The summed E-state index contributed by atoms with van der Waals surface area (Å²) in [5, 5.41) is 50.8. The number of carbonyl (C=O) groups is 2. The van der Waals surface area contributed by atoms with E-state index >= 15 is 0 Å². The third-order valence-corrected chi connectivity index (χ3v) is 12.6. The number of primary amides is 2. The predicted molar refractivity (Wildman–Crippen MR) is 277 cm³/mol. The fraction of sp³-hybridized carbons (Fsp3) is 0.526. The van der Waals surface area contributed by atoms with Crippen molar-refractivity contribution >= 4 is 24.0 Å². The van der Waals surface area contributed by atoms with E-state index in [2.05, 4.69) is 70.8 Å². The van der Waals surface area contributed by atoms with Gasteiger partial charge in [-0.15, -0.1) is 0 Å². The summed E-state index contributed by atoms with van der Waals surface area (Å²) in [6.07, 6.45) is -0.606. The second kappa shape index (κ2) is 25.1. The van der Waals surface area contributed by atoms with Crippen LogP contribution in [0.3, 0.4) is 0 Å². The van der Waals surface area contributed by atoms with Crippen molar-refractivity contribution in [2.24, 2.45) is 11.5 Å². The molecule has 0 saturated heterocycles. The number of halogens is 6. The molecule has 406 valence electrons. The highest BCUT2D eigenvalue weighted by atomic mass is 19.4. The topological polar surface area (TPSA) is 200 Å². The molecule has 0 radical (unpaired) electrons. The molecule has 73 heavy (non-hydrogen) atoms. The van der Waals surface area contributed by atoms with E-state index in [0.29, 0.717) is 24.3 Å². The van der Waals surface area contributed by atoms with Gasteiger partial charge in [0.05, 0.1) is 0 Å². The van der Waals surface area contributed by atoms with Crippen LogP contribution in [0.25, 0.3) is 12.2 Å². The Bertz CT molecular complexity index is 2410. The number of hydrogen-bond acceptors (Lipinski definition) is 8. The highest BCUT2D eigenvalue weighted by molar-refractivity contribution is 5.86. The molecule has 0 aliphatic rings. The van der Waals surface area contributed by atoms with Gasteiger partial charge in [0, 0.05) is 29.1 Å². The lowest BCUT2D eigenvalue weighted by Gasteiger charge is -2.29. The summed E-state index contributed by atoms with van der Waals surface area (Å²) < 4.78 is 78.0. The highest BCUT2D eigenvalue weighted by Gasteiger charge is 2.60. The number of nitrogens with two attached hydrogens (primary N) is 2. The summed E-state index contributed by atoms with van der Waals surface area (Å²) in [5.41, 5.74) is 8.84. The summed E-state index contributed by atoms with van der Waals surface area (Å²) in [7, 11) is 0. The number of benzene rings is 3. The minimum Gasteiger partial charge on any atom is -0.507 e. The lowest BCUT2D eigenvalue weighted by molar-refractivity contribution is -0.255. The molecule has 16 heteroatoms. The van der Waals surface area contributed by atoms with Gasteiger partial charge in [0.1, 0.15) is 17.2 Å². The molecule has 0 aliphatic carbocycles. The fourth-order valence-corrected chi connectivity index (χ4v) is 8.02. The SMILES string of the molecule is CC(C)(C)c1cc(/C=C/c2cccnc2)cc(C(C)(C)C)c1O.CC(C)c1cc(C(O)(C(N)=O)C(F)(F)F)cc(C(C)C)c1O.CC(C)c1cc(CCCCCCC(O)(C(N)=O)C(F)(F)F)cc(C(C)C)c1O. The number of unbranched alkanes of at least 4 members (excludes halogenated alkanes) is 3. The number of rotatable bonds is 16. The Morgan fingerprint density at radius 1 is 0.575 bits per heavy atom. The van der Waals surface area contributed by atoms with Gasteiger partial charge in [-0.05, 0) is 129 Å². The first-order valence-corrected chi connectivity index (χ1v) is 24.6. The van der Waals surface area contributed by atoms with Crippen molar-refractivity contribution < 1.29 is 61.5 Å². The first-order valence-electron chi connectivity index (χ1n) is 24.6. The van der Waals surface area contributed by atoms with Crippen LogP contribution in [-0.2, 0) is 32.4 Å². The molecule has 3 aromatic carbocycles. The van der Waals surface area contributed by atoms with E-state index in [-0.39, 0.29) is 57.8 Å². The Hall–Kier alpha value is -5.61. The lowest BCUT2D eigenvalue weighted by atomic mass is 9.78. The minimum absolute atomic E-state index is 0.0585. The zero-order valence-corrected chi connectivity index (χ0v) is 44.9. The number of nitrogens with zero attached hydrogens (tertiary/aromatic N) is 1. The Balaban J connectivity index is 0.000000378. The second-order valence-corrected chi connectivity index (χ2v) is 22.0. The van der Waals surface area contributed by atoms with Gasteiger partial charge in [0.25, 0.3) is 17.4 Å². The Labute approximate surface area is 428 Å². The van der Waals surface area contributed by atoms with Gasteiger partial charge in [-0.2, -0.15) is 26.3 Å². The van der Waals surface area contributed by atoms with Crippen LogP contribution >= 0.6 is 0 Å². The van der Waals surface area contributed by atoms with Gasteiger partial charge in [0.15, 0.2) is 0 Å². The number of phenols is 3.